The third-order valence-electron chi connectivity index (χ3n) is 11.4. The van der Waals surface area contributed by atoms with Crippen LogP contribution in [0.1, 0.15) is 29.7 Å². The molecule has 0 bridgehead atoms. The number of hydrogen-bond donors (Lipinski definition) is 0. The van der Waals surface area contributed by atoms with E-state index < -0.39 is 0 Å². The summed E-state index contributed by atoms with van der Waals surface area (Å²) in [5, 5.41) is 8.88. The topological polar surface area (TPSA) is 8.17 Å². The molecule has 11 rings (SSSR count). The minimum atomic E-state index is 0.555. The zero-order valence-electron chi connectivity index (χ0n) is 29.9. The molecule has 1 aliphatic rings. The number of fused-ring (bicyclic) bond motifs is 8. The van der Waals surface area contributed by atoms with E-state index in [2.05, 4.69) is 198 Å². The third-order valence-corrected chi connectivity index (χ3v) is 12.8. The maximum absolute atomic E-state index is 2.50. The summed E-state index contributed by atoms with van der Waals surface area (Å²) >= 11 is 1.97. The van der Waals surface area contributed by atoms with Gasteiger partial charge in [0.15, 0.2) is 0 Å². The lowest BCUT2D eigenvalue weighted by molar-refractivity contribution is 0.791. The molecule has 0 N–H and O–H groups in total. The lowest BCUT2D eigenvalue weighted by atomic mass is 9.94. The van der Waals surface area contributed by atoms with Crippen molar-refractivity contribution in [1.29, 1.82) is 0 Å². The van der Waals surface area contributed by atoms with Crippen molar-refractivity contribution in [3.63, 3.8) is 0 Å². The van der Waals surface area contributed by atoms with Crippen molar-refractivity contribution in [2.75, 3.05) is 4.90 Å². The molecule has 0 fully saturated rings. The molecule has 0 saturated heterocycles. The van der Waals surface area contributed by atoms with E-state index >= 15 is 0 Å². The highest BCUT2D eigenvalue weighted by Gasteiger charge is 2.23. The van der Waals surface area contributed by atoms with Crippen molar-refractivity contribution in [3.8, 4) is 16.8 Å². The lowest BCUT2D eigenvalue weighted by Crippen LogP contribution is -2.11. The van der Waals surface area contributed by atoms with E-state index in [0.717, 1.165) is 23.5 Å². The zero-order chi connectivity index (χ0) is 35.8. The predicted molar refractivity (Wildman–Crippen MR) is 233 cm³/mol. The minimum absolute atomic E-state index is 0.555. The average molecular weight is 709 g/mol. The molecule has 2 aromatic heterocycles. The van der Waals surface area contributed by atoms with Crippen LogP contribution in [0.25, 0.3) is 76.3 Å². The fourth-order valence-electron chi connectivity index (χ4n) is 8.72. The van der Waals surface area contributed by atoms with Crippen LogP contribution >= 0.6 is 11.3 Å². The second-order valence-corrected chi connectivity index (χ2v) is 15.7. The van der Waals surface area contributed by atoms with E-state index in [1.807, 2.05) is 11.3 Å². The number of thiophene rings is 1. The first-order chi connectivity index (χ1) is 26.7. The summed E-state index contributed by atoms with van der Waals surface area (Å²) in [5.41, 5.74) is 10.9. The highest BCUT2D eigenvalue weighted by Crippen LogP contribution is 2.46. The van der Waals surface area contributed by atoms with Crippen LogP contribution in [-0.2, 0) is 0 Å². The molecule has 8 aromatic carbocycles. The highest BCUT2D eigenvalue weighted by molar-refractivity contribution is 7.19. The maximum atomic E-state index is 2.50. The number of benzene rings is 8. The van der Waals surface area contributed by atoms with Crippen molar-refractivity contribution < 1.29 is 0 Å². The third kappa shape index (κ3) is 4.86. The molecule has 0 amide bonds. The van der Waals surface area contributed by atoms with Crippen molar-refractivity contribution in [1.82, 2.24) is 4.57 Å². The fraction of sp³-hybridized carbons (Fsp3) is 0.0588. The van der Waals surface area contributed by atoms with Crippen LogP contribution in [0.3, 0.4) is 0 Å². The summed E-state index contributed by atoms with van der Waals surface area (Å²) in [7, 11) is 0. The number of aromatic nitrogens is 1. The van der Waals surface area contributed by atoms with Crippen LogP contribution < -0.4 is 4.90 Å². The largest absolute Gasteiger partial charge is 0.310 e. The van der Waals surface area contributed by atoms with E-state index in [0.29, 0.717) is 5.92 Å². The predicted octanol–water partition coefficient (Wildman–Crippen LogP) is 15.0. The van der Waals surface area contributed by atoms with Gasteiger partial charge in [0, 0.05) is 47.9 Å². The van der Waals surface area contributed by atoms with Gasteiger partial charge >= 0.3 is 0 Å². The minimum Gasteiger partial charge on any atom is -0.310 e. The summed E-state index contributed by atoms with van der Waals surface area (Å²) in [4.78, 5) is 3.91. The molecule has 0 saturated carbocycles. The Morgan fingerprint density at radius 1 is 0.537 bits per heavy atom. The number of allylic oxidation sites excluding steroid dienone is 1. The molecule has 10 aromatic rings. The Morgan fingerprint density at radius 3 is 2.09 bits per heavy atom. The van der Waals surface area contributed by atoms with Gasteiger partial charge < -0.3 is 9.47 Å². The Bertz CT molecular complexity index is 3090. The van der Waals surface area contributed by atoms with Gasteiger partial charge in [0.1, 0.15) is 0 Å². The molecule has 1 aliphatic carbocycles. The van der Waals surface area contributed by atoms with Gasteiger partial charge in [0.2, 0.25) is 0 Å². The smallest absolute Gasteiger partial charge is 0.0548 e. The SMILES string of the molecule is CC1CC=Cc2c1sc1cc3c4ccccc4n(-c4ccc(N(c5ccccc5)c5ccc(-c6ccc7ccccc7c6)cc5)c5ccccc45)c3cc21. The first-order valence-corrected chi connectivity index (χ1v) is 19.6. The van der Waals surface area contributed by atoms with Gasteiger partial charge in [-0.2, -0.15) is 0 Å². The number of hydrogen-bond acceptors (Lipinski definition) is 2. The fourth-order valence-corrected chi connectivity index (χ4v) is 10.0. The second-order valence-electron chi connectivity index (χ2n) is 14.6. The summed E-state index contributed by atoms with van der Waals surface area (Å²) in [6.07, 6.45) is 5.81. The summed E-state index contributed by atoms with van der Waals surface area (Å²) < 4.78 is 3.88. The molecule has 1 unspecified atom stereocenters. The molecule has 1 atom stereocenters. The molecule has 0 spiro atoms. The van der Waals surface area contributed by atoms with Gasteiger partial charge in [0.05, 0.1) is 22.4 Å². The number of anilines is 3. The van der Waals surface area contributed by atoms with Gasteiger partial charge in [0.25, 0.3) is 0 Å². The monoisotopic (exact) mass is 708 g/mol. The van der Waals surface area contributed by atoms with Crippen molar-refractivity contribution >= 4 is 87.9 Å². The van der Waals surface area contributed by atoms with E-state index in [-0.39, 0.29) is 0 Å². The Balaban J connectivity index is 1.10. The van der Waals surface area contributed by atoms with Crippen LogP contribution in [0, 0.1) is 0 Å². The second kappa shape index (κ2) is 12.3. The average Bonchev–Trinajstić information content (AvgIpc) is 3.76. The van der Waals surface area contributed by atoms with Crippen LogP contribution in [0.15, 0.2) is 176 Å². The molecule has 3 heteroatoms. The Hall–Kier alpha value is -6.42. The molecule has 2 nitrogen and oxygen atoms in total. The molecule has 0 radical (unpaired) electrons. The standard InChI is InChI=1S/C51H36N2S/c1-33-12-11-20-43-45-31-49-44(32-50(45)54-51(33)43)42-19-9-10-21-46(42)53(49)48-29-28-47(40-17-7-8-18-41(40)48)52(38-15-3-2-4-16-38)39-26-24-35(25-27-39)37-23-22-34-13-5-6-14-36(34)30-37/h2-11,13-33H,12H2,1H3. The van der Waals surface area contributed by atoms with Gasteiger partial charge in [-0.25, -0.2) is 0 Å². The normalized spacial score (nSPS) is 14.1. The number of para-hydroxylation sites is 2. The Kier molecular flexibility index (Phi) is 7.11. The van der Waals surface area contributed by atoms with Crippen LogP contribution in [-0.4, -0.2) is 4.57 Å². The van der Waals surface area contributed by atoms with E-state index in [9.17, 15) is 0 Å². The molecule has 0 aliphatic heterocycles. The quantitative estimate of drug-likeness (QED) is 0.173. The summed E-state index contributed by atoms with van der Waals surface area (Å²) in [6.45, 7) is 2.36. The van der Waals surface area contributed by atoms with Crippen molar-refractivity contribution in [2.24, 2.45) is 0 Å². The van der Waals surface area contributed by atoms with Gasteiger partial charge in [-0.3, -0.25) is 0 Å². The van der Waals surface area contributed by atoms with Crippen molar-refractivity contribution in [3.05, 3.63) is 186 Å². The van der Waals surface area contributed by atoms with Gasteiger partial charge in [-0.05, 0) is 100 Å². The number of rotatable bonds is 5. The first kappa shape index (κ1) is 31.1. The van der Waals surface area contributed by atoms with Crippen LogP contribution in [0.2, 0.25) is 0 Å². The highest BCUT2D eigenvalue weighted by atomic mass is 32.1. The summed E-state index contributed by atoms with van der Waals surface area (Å²) in [5.74, 6) is 0.555. The molecular weight excluding hydrogens is 673 g/mol. The zero-order valence-corrected chi connectivity index (χ0v) is 30.7. The van der Waals surface area contributed by atoms with Gasteiger partial charge in [-0.15, -0.1) is 11.3 Å². The maximum Gasteiger partial charge on any atom is 0.0548 e. The van der Waals surface area contributed by atoms with E-state index in [1.54, 1.807) is 0 Å². The Morgan fingerprint density at radius 2 is 1.24 bits per heavy atom. The Labute approximate surface area is 318 Å². The van der Waals surface area contributed by atoms with Crippen LogP contribution in [0.5, 0.6) is 0 Å². The van der Waals surface area contributed by atoms with E-state index in [4.69, 9.17) is 0 Å². The lowest BCUT2D eigenvalue weighted by Gasteiger charge is -2.28. The summed E-state index contributed by atoms with van der Waals surface area (Å²) in [6, 6.07) is 62.4. The first-order valence-electron chi connectivity index (χ1n) is 18.8. The van der Waals surface area contributed by atoms with Gasteiger partial charge in [-0.1, -0.05) is 128 Å². The molecule has 2 heterocycles. The molecule has 256 valence electrons. The van der Waals surface area contributed by atoms with Crippen molar-refractivity contribution in [2.45, 2.75) is 19.3 Å². The van der Waals surface area contributed by atoms with Crippen LogP contribution in [0.4, 0.5) is 17.1 Å². The van der Waals surface area contributed by atoms with E-state index in [1.165, 1.54) is 80.7 Å². The molecular formula is C51H36N2S. The number of nitrogens with zero attached hydrogens (tertiary/aromatic N) is 2. The molecule has 54 heavy (non-hydrogen) atoms.